The van der Waals surface area contributed by atoms with E-state index in [4.69, 9.17) is 4.74 Å². The van der Waals surface area contributed by atoms with Gasteiger partial charge in [-0.25, -0.2) is 13.2 Å². The molecule has 2 aromatic carbocycles. The Hall–Kier alpha value is -2.04. The molecule has 1 aliphatic carbocycles. The molecule has 0 aliphatic heterocycles. The van der Waals surface area contributed by atoms with E-state index in [0.29, 0.717) is 18.4 Å². The molecule has 0 heterocycles. The van der Waals surface area contributed by atoms with Gasteiger partial charge in [0.25, 0.3) is 0 Å². The zero-order valence-electron chi connectivity index (χ0n) is 14.9. The molecule has 0 unspecified atom stereocenters. The van der Waals surface area contributed by atoms with E-state index >= 15 is 0 Å². The van der Waals surface area contributed by atoms with Gasteiger partial charge in [0.1, 0.15) is 0 Å². The van der Waals surface area contributed by atoms with E-state index in [-0.39, 0.29) is 22.4 Å². The highest BCUT2D eigenvalue weighted by Crippen LogP contribution is 2.34. The third-order valence-electron chi connectivity index (χ3n) is 5.22. The van der Waals surface area contributed by atoms with Crippen LogP contribution in [0, 0.1) is 42.0 Å². The maximum atomic E-state index is 14.4. The van der Waals surface area contributed by atoms with Crippen LogP contribution < -0.4 is 4.74 Å². The van der Waals surface area contributed by atoms with Crippen molar-refractivity contribution in [2.75, 3.05) is 6.61 Å². The van der Waals surface area contributed by atoms with Crippen molar-refractivity contribution in [3.8, 4) is 16.9 Å². The Balaban J connectivity index is 1.80. The van der Waals surface area contributed by atoms with Crippen LogP contribution in [0.4, 0.5) is 17.6 Å². The minimum absolute atomic E-state index is 0.105. The average molecular weight is 366 g/mol. The zero-order chi connectivity index (χ0) is 18.8. The largest absolute Gasteiger partial charge is 0.490 e. The SMILES string of the molecule is Cc1ccc(-c2ccc(OCC3CCC(C)CC3)c(F)c2F)c(F)c1F. The van der Waals surface area contributed by atoms with Gasteiger partial charge in [0.15, 0.2) is 23.2 Å². The first kappa shape index (κ1) is 18.7. The van der Waals surface area contributed by atoms with Crippen molar-refractivity contribution in [3.05, 3.63) is 53.1 Å². The lowest BCUT2D eigenvalue weighted by Gasteiger charge is -2.26. The van der Waals surface area contributed by atoms with Crippen LogP contribution >= 0.6 is 0 Å². The summed E-state index contributed by atoms with van der Waals surface area (Å²) in [5, 5.41) is 0. The van der Waals surface area contributed by atoms with Crippen LogP contribution in [-0.4, -0.2) is 6.61 Å². The number of ether oxygens (including phenoxy) is 1. The Morgan fingerprint density at radius 1 is 0.808 bits per heavy atom. The average Bonchev–Trinajstić information content (AvgIpc) is 2.63. The molecule has 1 saturated carbocycles. The predicted molar refractivity (Wildman–Crippen MR) is 93.1 cm³/mol. The molecule has 0 spiro atoms. The molecule has 5 heteroatoms. The van der Waals surface area contributed by atoms with E-state index in [0.717, 1.165) is 25.7 Å². The Bertz CT molecular complexity index is 795. The minimum Gasteiger partial charge on any atom is -0.490 e. The standard InChI is InChI=1S/C21H22F4O/c1-12-3-6-14(7-4-12)11-26-17-10-9-16(20(24)21(17)25)15-8-5-13(2)18(22)19(15)23/h5,8-10,12,14H,3-4,6-7,11H2,1-2H3. The molecule has 1 fully saturated rings. The van der Waals surface area contributed by atoms with Gasteiger partial charge in [-0.1, -0.05) is 31.9 Å². The summed E-state index contributed by atoms with van der Waals surface area (Å²) in [5.41, 5.74) is -0.524. The van der Waals surface area contributed by atoms with Crippen molar-refractivity contribution >= 4 is 0 Å². The molecule has 1 nitrogen and oxygen atoms in total. The zero-order valence-corrected chi connectivity index (χ0v) is 14.9. The molecule has 26 heavy (non-hydrogen) atoms. The van der Waals surface area contributed by atoms with Crippen molar-refractivity contribution in [3.63, 3.8) is 0 Å². The number of hydrogen-bond acceptors (Lipinski definition) is 1. The van der Waals surface area contributed by atoms with Gasteiger partial charge < -0.3 is 4.74 Å². The molecule has 140 valence electrons. The monoisotopic (exact) mass is 366 g/mol. The van der Waals surface area contributed by atoms with Gasteiger partial charge in [-0.3, -0.25) is 0 Å². The summed E-state index contributed by atoms with van der Waals surface area (Å²) in [6.07, 6.45) is 4.25. The fraction of sp³-hybridized carbons (Fsp3) is 0.429. The van der Waals surface area contributed by atoms with Gasteiger partial charge in [0, 0.05) is 11.1 Å². The molecule has 0 amide bonds. The maximum Gasteiger partial charge on any atom is 0.201 e. The number of halogens is 4. The van der Waals surface area contributed by atoms with Crippen LogP contribution in [0.5, 0.6) is 5.75 Å². The van der Waals surface area contributed by atoms with Crippen molar-refractivity contribution < 1.29 is 22.3 Å². The molecule has 0 atom stereocenters. The Kier molecular flexibility index (Phi) is 5.54. The van der Waals surface area contributed by atoms with Crippen LogP contribution in [0.1, 0.15) is 38.2 Å². The van der Waals surface area contributed by atoms with E-state index in [1.807, 2.05) is 0 Å². The summed E-state index contributed by atoms with van der Waals surface area (Å²) < 4.78 is 62.1. The second-order valence-electron chi connectivity index (χ2n) is 7.23. The van der Waals surface area contributed by atoms with Crippen molar-refractivity contribution in [1.29, 1.82) is 0 Å². The van der Waals surface area contributed by atoms with E-state index < -0.39 is 23.3 Å². The smallest absolute Gasteiger partial charge is 0.201 e. The van der Waals surface area contributed by atoms with Crippen LogP contribution in [0.25, 0.3) is 11.1 Å². The molecule has 3 rings (SSSR count). The molecule has 0 aromatic heterocycles. The number of rotatable bonds is 4. The molecule has 0 radical (unpaired) electrons. The first-order valence-corrected chi connectivity index (χ1v) is 8.94. The normalized spacial score (nSPS) is 20.2. The van der Waals surface area contributed by atoms with Crippen molar-refractivity contribution in [2.45, 2.75) is 39.5 Å². The van der Waals surface area contributed by atoms with Crippen molar-refractivity contribution in [2.24, 2.45) is 11.8 Å². The van der Waals surface area contributed by atoms with Gasteiger partial charge in [-0.15, -0.1) is 0 Å². The highest BCUT2D eigenvalue weighted by Gasteiger charge is 2.22. The lowest BCUT2D eigenvalue weighted by molar-refractivity contribution is 0.182. The maximum absolute atomic E-state index is 14.4. The van der Waals surface area contributed by atoms with Crippen molar-refractivity contribution in [1.82, 2.24) is 0 Å². The molecule has 0 N–H and O–H groups in total. The lowest BCUT2D eigenvalue weighted by Crippen LogP contribution is -2.19. The fourth-order valence-electron chi connectivity index (χ4n) is 3.41. The first-order valence-electron chi connectivity index (χ1n) is 8.94. The second kappa shape index (κ2) is 7.68. The van der Waals surface area contributed by atoms with Gasteiger partial charge >= 0.3 is 0 Å². The Morgan fingerprint density at radius 3 is 2.04 bits per heavy atom. The number of hydrogen-bond donors (Lipinski definition) is 0. The molecular formula is C21H22F4O. The summed E-state index contributed by atoms with van der Waals surface area (Å²) in [5.74, 6) is -3.82. The van der Waals surface area contributed by atoms with E-state index in [1.165, 1.54) is 31.2 Å². The van der Waals surface area contributed by atoms with Gasteiger partial charge in [0.2, 0.25) is 5.82 Å². The Morgan fingerprint density at radius 2 is 1.38 bits per heavy atom. The van der Waals surface area contributed by atoms with Crippen LogP contribution in [0.2, 0.25) is 0 Å². The highest BCUT2D eigenvalue weighted by atomic mass is 19.2. The Labute approximate surface area is 151 Å². The summed E-state index contributed by atoms with van der Waals surface area (Å²) in [6, 6.07) is 5.08. The summed E-state index contributed by atoms with van der Waals surface area (Å²) in [4.78, 5) is 0. The molecule has 0 saturated heterocycles. The predicted octanol–water partition coefficient (Wildman–Crippen LogP) is 6.42. The highest BCUT2D eigenvalue weighted by molar-refractivity contribution is 5.66. The lowest BCUT2D eigenvalue weighted by atomic mass is 9.83. The van der Waals surface area contributed by atoms with Crippen LogP contribution in [-0.2, 0) is 0 Å². The summed E-state index contributed by atoms with van der Waals surface area (Å²) in [7, 11) is 0. The van der Waals surface area contributed by atoms with E-state index in [9.17, 15) is 17.6 Å². The second-order valence-corrected chi connectivity index (χ2v) is 7.23. The van der Waals surface area contributed by atoms with Gasteiger partial charge in [-0.05, 0) is 49.3 Å². The first-order chi connectivity index (χ1) is 12.4. The quantitative estimate of drug-likeness (QED) is 0.567. The minimum atomic E-state index is -1.23. The number of benzene rings is 2. The molecule has 0 bridgehead atoms. The fourth-order valence-corrected chi connectivity index (χ4v) is 3.41. The third kappa shape index (κ3) is 3.71. The van der Waals surface area contributed by atoms with Gasteiger partial charge in [-0.2, -0.15) is 4.39 Å². The van der Waals surface area contributed by atoms with Crippen LogP contribution in [0.15, 0.2) is 24.3 Å². The van der Waals surface area contributed by atoms with Gasteiger partial charge in [0.05, 0.1) is 6.61 Å². The third-order valence-corrected chi connectivity index (χ3v) is 5.22. The molecular weight excluding hydrogens is 344 g/mol. The number of aryl methyl sites for hydroxylation is 1. The van der Waals surface area contributed by atoms with E-state index in [1.54, 1.807) is 0 Å². The molecule has 1 aliphatic rings. The summed E-state index contributed by atoms with van der Waals surface area (Å²) in [6.45, 7) is 3.94. The van der Waals surface area contributed by atoms with E-state index in [2.05, 4.69) is 6.92 Å². The van der Waals surface area contributed by atoms with Crippen LogP contribution in [0.3, 0.4) is 0 Å². The molecule has 2 aromatic rings. The topological polar surface area (TPSA) is 9.23 Å². The summed E-state index contributed by atoms with van der Waals surface area (Å²) >= 11 is 0.